The molecular formula is C13H15NO3. The number of aliphatic carboxylic acids is 1. The van der Waals surface area contributed by atoms with Crippen molar-refractivity contribution in [2.75, 3.05) is 0 Å². The van der Waals surface area contributed by atoms with E-state index in [0.29, 0.717) is 11.5 Å². The van der Waals surface area contributed by atoms with E-state index in [-0.39, 0.29) is 11.8 Å². The molecule has 2 rings (SSSR count). The molecule has 3 unspecified atom stereocenters. The van der Waals surface area contributed by atoms with E-state index < -0.39 is 12.0 Å². The third-order valence-corrected chi connectivity index (χ3v) is 3.11. The predicted octanol–water partition coefficient (Wildman–Crippen LogP) is 1.58. The van der Waals surface area contributed by atoms with Crippen LogP contribution in [0.1, 0.15) is 24.9 Å². The monoisotopic (exact) mass is 233 g/mol. The van der Waals surface area contributed by atoms with Crippen molar-refractivity contribution in [3.63, 3.8) is 0 Å². The average Bonchev–Trinajstić information content (AvgIpc) is 3.04. The van der Waals surface area contributed by atoms with Crippen LogP contribution in [0.3, 0.4) is 0 Å². The molecule has 1 aliphatic carbocycles. The van der Waals surface area contributed by atoms with Gasteiger partial charge in [-0.05, 0) is 17.9 Å². The summed E-state index contributed by atoms with van der Waals surface area (Å²) in [5.74, 6) is -0.826. The maximum Gasteiger partial charge on any atom is 0.330 e. The first-order valence-corrected chi connectivity index (χ1v) is 5.67. The second-order valence-electron chi connectivity index (χ2n) is 4.51. The van der Waals surface area contributed by atoms with Gasteiger partial charge in [0, 0.05) is 5.92 Å². The molecule has 1 aromatic rings. The highest BCUT2D eigenvalue weighted by atomic mass is 16.4. The van der Waals surface area contributed by atoms with Gasteiger partial charge in [0.1, 0.15) is 0 Å². The fourth-order valence-electron chi connectivity index (χ4n) is 1.87. The molecule has 0 heterocycles. The van der Waals surface area contributed by atoms with Crippen molar-refractivity contribution >= 4 is 11.9 Å². The quantitative estimate of drug-likeness (QED) is 0.829. The zero-order valence-corrected chi connectivity index (χ0v) is 9.59. The lowest BCUT2D eigenvalue weighted by molar-refractivity contribution is -0.142. The normalized spacial score (nSPS) is 23.8. The van der Waals surface area contributed by atoms with Crippen molar-refractivity contribution < 1.29 is 14.7 Å². The van der Waals surface area contributed by atoms with Crippen LogP contribution in [-0.4, -0.2) is 17.0 Å². The smallest absolute Gasteiger partial charge is 0.330 e. The Bertz CT molecular complexity index is 430. The number of hydrogen-bond acceptors (Lipinski definition) is 2. The van der Waals surface area contributed by atoms with Crippen LogP contribution in [0, 0.1) is 11.8 Å². The topological polar surface area (TPSA) is 66.4 Å². The van der Waals surface area contributed by atoms with Crippen LogP contribution in [0.25, 0.3) is 0 Å². The lowest BCUT2D eigenvalue weighted by Crippen LogP contribution is -2.34. The van der Waals surface area contributed by atoms with Crippen molar-refractivity contribution in [3.05, 3.63) is 35.9 Å². The molecule has 1 aliphatic rings. The molecule has 4 heteroatoms. The van der Waals surface area contributed by atoms with E-state index >= 15 is 0 Å². The van der Waals surface area contributed by atoms with Crippen LogP contribution in [0.4, 0.5) is 0 Å². The van der Waals surface area contributed by atoms with Crippen molar-refractivity contribution in [1.29, 1.82) is 0 Å². The van der Waals surface area contributed by atoms with E-state index in [4.69, 9.17) is 5.11 Å². The summed E-state index contributed by atoms with van der Waals surface area (Å²) in [6.07, 6.45) is 0.854. The van der Waals surface area contributed by atoms with Gasteiger partial charge < -0.3 is 10.4 Å². The molecule has 0 aliphatic heterocycles. The standard InChI is InChI=1S/C13H15NO3/c1-8-7-10(8)12(15)14-11(13(16)17)9-5-3-2-4-6-9/h2-6,8,10-11H,7H2,1H3,(H,14,15)(H,16,17). The number of benzene rings is 1. The van der Waals surface area contributed by atoms with Crippen LogP contribution in [-0.2, 0) is 9.59 Å². The third-order valence-electron chi connectivity index (χ3n) is 3.11. The lowest BCUT2D eigenvalue weighted by atomic mass is 10.1. The van der Waals surface area contributed by atoms with Gasteiger partial charge in [-0.1, -0.05) is 37.3 Å². The van der Waals surface area contributed by atoms with Gasteiger partial charge in [-0.25, -0.2) is 4.79 Å². The van der Waals surface area contributed by atoms with Crippen molar-refractivity contribution in [2.24, 2.45) is 11.8 Å². The Labute approximate surface area is 99.6 Å². The van der Waals surface area contributed by atoms with Gasteiger partial charge in [-0.2, -0.15) is 0 Å². The van der Waals surface area contributed by atoms with Crippen LogP contribution in [0.2, 0.25) is 0 Å². The molecule has 1 amide bonds. The van der Waals surface area contributed by atoms with Gasteiger partial charge >= 0.3 is 5.97 Å². The molecule has 17 heavy (non-hydrogen) atoms. The maximum atomic E-state index is 11.7. The summed E-state index contributed by atoms with van der Waals surface area (Å²) in [6.45, 7) is 1.99. The fourth-order valence-corrected chi connectivity index (χ4v) is 1.87. The number of hydrogen-bond donors (Lipinski definition) is 2. The molecule has 1 fully saturated rings. The van der Waals surface area contributed by atoms with E-state index in [2.05, 4.69) is 5.32 Å². The Morgan fingerprint density at radius 1 is 1.35 bits per heavy atom. The van der Waals surface area contributed by atoms with Crippen molar-refractivity contribution in [2.45, 2.75) is 19.4 Å². The summed E-state index contributed by atoms with van der Waals surface area (Å²) in [5, 5.41) is 11.7. The molecule has 1 saturated carbocycles. The zero-order valence-electron chi connectivity index (χ0n) is 9.59. The van der Waals surface area contributed by atoms with Gasteiger partial charge in [0.15, 0.2) is 6.04 Å². The summed E-state index contributed by atoms with van der Waals surface area (Å²) in [5.41, 5.74) is 0.599. The van der Waals surface area contributed by atoms with E-state index in [1.54, 1.807) is 24.3 Å². The molecular weight excluding hydrogens is 218 g/mol. The Hall–Kier alpha value is -1.84. The van der Waals surface area contributed by atoms with Gasteiger partial charge in [-0.15, -0.1) is 0 Å². The lowest BCUT2D eigenvalue weighted by Gasteiger charge is -2.14. The second-order valence-corrected chi connectivity index (χ2v) is 4.51. The van der Waals surface area contributed by atoms with Crippen LogP contribution in [0.5, 0.6) is 0 Å². The minimum absolute atomic E-state index is 0.0134. The summed E-state index contributed by atoms with van der Waals surface area (Å²) < 4.78 is 0. The van der Waals surface area contributed by atoms with Crippen molar-refractivity contribution in [1.82, 2.24) is 5.32 Å². The van der Waals surface area contributed by atoms with Crippen LogP contribution >= 0.6 is 0 Å². The Morgan fingerprint density at radius 3 is 2.41 bits per heavy atom. The Morgan fingerprint density at radius 2 is 1.94 bits per heavy atom. The number of carbonyl (C=O) groups excluding carboxylic acids is 1. The number of amides is 1. The summed E-state index contributed by atoms with van der Waals surface area (Å²) in [6, 6.07) is 7.79. The van der Waals surface area contributed by atoms with Gasteiger partial charge in [-0.3, -0.25) is 4.79 Å². The molecule has 4 nitrogen and oxygen atoms in total. The molecule has 0 spiro atoms. The molecule has 3 atom stereocenters. The number of carboxylic acid groups (broad SMARTS) is 1. The van der Waals surface area contributed by atoms with Crippen LogP contribution in [0.15, 0.2) is 30.3 Å². The van der Waals surface area contributed by atoms with Gasteiger partial charge in [0.05, 0.1) is 0 Å². The highest BCUT2D eigenvalue weighted by Crippen LogP contribution is 2.38. The minimum Gasteiger partial charge on any atom is -0.479 e. The third kappa shape index (κ3) is 2.64. The molecule has 90 valence electrons. The second kappa shape index (κ2) is 4.57. The zero-order chi connectivity index (χ0) is 12.4. The van der Waals surface area contributed by atoms with Crippen molar-refractivity contribution in [3.8, 4) is 0 Å². The molecule has 2 N–H and O–H groups in total. The number of nitrogens with one attached hydrogen (secondary N) is 1. The molecule has 0 bridgehead atoms. The number of rotatable bonds is 4. The Balaban J connectivity index is 2.08. The molecule has 0 radical (unpaired) electrons. The highest BCUT2D eigenvalue weighted by Gasteiger charge is 2.40. The first kappa shape index (κ1) is 11.6. The van der Waals surface area contributed by atoms with E-state index in [9.17, 15) is 9.59 Å². The largest absolute Gasteiger partial charge is 0.479 e. The average molecular weight is 233 g/mol. The SMILES string of the molecule is CC1CC1C(=O)NC(C(=O)O)c1ccccc1. The first-order valence-electron chi connectivity index (χ1n) is 5.67. The first-order chi connectivity index (χ1) is 8.09. The van der Waals surface area contributed by atoms with Gasteiger partial charge in [0.2, 0.25) is 5.91 Å². The molecule has 0 aromatic heterocycles. The maximum absolute atomic E-state index is 11.7. The van der Waals surface area contributed by atoms with E-state index in [0.717, 1.165) is 6.42 Å². The molecule has 1 aromatic carbocycles. The van der Waals surface area contributed by atoms with E-state index in [1.165, 1.54) is 0 Å². The number of carboxylic acids is 1. The molecule has 0 saturated heterocycles. The minimum atomic E-state index is -1.03. The van der Waals surface area contributed by atoms with Gasteiger partial charge in [0.25, 0.3) is 0 Å². The predicted molar refractivity (Wildman–Crippen MR) is 62.2 cm³/mol. The van der Waals surface area contributed by atoms with E-state index in [1.807, 2.05) is 13.0 Å². The fraction of sp³-hybridized carbons (Fsp3) is 0.385. The summed E-state index contributed by atoms with van der Waals surface area (Å²) in [4.78, 5) is 22.9. The van der Waals surface area contributed by atoms with Crippen LogP contribution < -0.4 is 5.32 Å². The highest BCUT2D eigenvalue weighted by molar-refractivity contribution is 5.87. The summed E-state index contributed by atoms with van der Waals surface area (Å²) in [7, 11) is 0. The Kier molecular flexibility index (Phi) is 3.13. The summed E-state index contributed by atoms with van der Waals surface area (Å²) >= 11 is 0. The number of carbonyl (C=O) groups is 2.